The van der Waals surface area contributed by atoms with Crippen LogP contribution in [0.4, 0.5) is 0 Å². The highest BCUT2D eigenvalue weighted by Gasteiger charge is 2.39. The Balaban J connectivity index is 1.19. The monoisotopic (exact) mass is 520 g/mol. The Kier molecular flexibility index (Phi) is 6.24. The Hall–Kier alpha value is -3.24. The zero-order valence-corrected chi connectivity index (χ0v) is 22.0. The number of aromatic amines is 1. The number of H-pyrrole nitrogens is 1. The molecule has 2 aromatic heterocycles. The Labute approximate surface area is 219 Å². The number of aryl methyl sites for hydroxylation is 1. The molecule has 2 fully saturated rings. The van der Waals surface area contributed by atoms with Gasteiger partial charge < -0.3 is 25.4 Å². The smallest absolute Gasteiger partial charge is 0.280 e. The van der Waals surface area contributed by atoms with Gasteiger partial charge >= 0.3 is 0 Å². The summed E-state index contributed by atoms with van der Waals surface area (Å²) in [4.78, 5) is 52.3. The number of likely N-dealkylation sites (tertiary alicyclic amines) is 1. The number of thiazole rings is 1. The van der Waals surface area contributed by atoms with E-state index < -0.39 is 6.04 Å². The molecule has 3 N–H and O–H groups in total. The molecule has 194 valence electrons. The molecule has 10 heteroatoms. The largest absolute Gasteiger partial charge is 0.351 e. The third-order valence-electron chi connectivity index (χ3n) is 7.62. The molecule has 3 amide bonds. The average Bonchev–Trinajstić information content (AvgIpc) is 3.50. The van der Waals surface area contributed by atoms with Crippen molar-refractivity contribution in [3.05, 3.63) is 51.1 Å². The number of amides is 3. The highest BCUT2D eigenvalue weighted by Crippen LogP contribution is 2.32. The van der Waals surface area contributed by atoms with Crippen LogP contribution >= 0.6 is 11.3 Å². The number of carbonyl (C=O) groups is 3. The van der Waals surface area contributed by atoms with Crippen LogP contribution in [0.25, 0.3) is 10.9 Å². The lowest BCUT2D eigenvalue weighted by molar-refractivity contribution is -0.134. The van der Waals surface area contributed by atoms with Crippen molar-refractivity contribution < 1.29 is 14.4 Å². The Morgan fingerprint density at radius 3 is 2.68 bits per heavy atom. The van der Waals surface area contributed by atoms with E-state index in [1.165, 1.54) is 11.3 Å². The average molecular weight is 521 g/mol. The second kappa shape index (κ2) is 9.57. The van der Waals surface area contributed by atoms with E-state index in [-0.39, 0.29) is 29.7 Å². The van der Waals surface area contributed by atoms with Crippen LogP contribution in [-0.4, -0.2) is 76.3 Å². The minimum absolute atomic E-state index is 0.111. The third-order valence-corrected chi connectivity index (χ3v) is 8.70. The molecule has 9 nitrogen and oxygen atoms in total. The second-order valence-electron chi connectivity index (χ2n) is 10.7. The molecule has 0 spiro atoms. The van der Waals surface area contributed by atoms with Gasteiger partial charge in [0.1, 0.15) is 5.69 Å². The summed E-state index contributed by atoms with van der Waals surface area (Å²) in [6, 6.07) is 7.18. The highest BCUT2D eigenvalue weighted by molar-refractivity contribution is 7.13. The number of rotatable bonds is 5. The number of fused-ring (bicyclic) bond motifs is 2. The van der Waals surface area contributed by atoms with Gasteiger partial charge in [0.15, 0.2) is 5.01 Å². The van der Waals surface area contributed by atoms with E-state index in [4.69, 9.17) is 0 Å². The van der Waals surface area contributed by atoms with E-state index in [9.17, 15) is 14.4 Å². The van der Waals surface area contributed by atoms with Gasteiger partial charge in [0.05, 0.1) is 17.8 Å². The predicted octanol–water partition coefficient (Wildman–Crippen LogP) is 2.46. The van der Waals surface area contributed by atoms with Crippen molar-refractivity contribution in [1.82, 2.24) is 30.4 Å². The molecule has 1 saturated carbocycles. The van der Waals surface area contributed by atoms with Crippen molar-refractivity contribution >= 4 is 40.0 Å². The van der Waals surface area contributed by atoms with Gasteiger partial charge in [-0.1, -0.05) is 11.6 Å². The van der Waals surface area contributed by atoms with Crippen LogP contribution in [0, 0.1) is 12.8 Å². The first-order valence-corrected chi connectivity index (χ1v) is 13.8. The molecule has 2 aliphatic heterocycles. The first kappa shape index (κ1) is 24.1. The molecule has 6 rings (SSSR count). The van der Waals surface area contributed by atoms with Crippen LogP contribution < -0.4 is 10.6 Å². The molecular formula is C27H32N6O3S. The number of likely N-dealkylation sites (N-methyl/N-ethyl adjacent to an activating group) is 1. The molecule has 0 bridgehead atoms. The summed E-state index contributed by atoms with van der Waals surface area (Å²) < 4.78 is 0. The van der Waals surface area contributed by atoms with Crippen molar-refractivity contribution in [1.29, 1.82) is 0 Å². The van der Waals surface area contributed by atoms with Gasteiger partial charge in [0.2, 0.25) is 5.91 Å². The van der Waals surface area contributed by atoms with Gasteiger partial charge in [-0.2, -0.15) is 0 Å². The van der Waals surface area contributed by atoms with Crippen LogP contribution in [0.15, 0.2) is 24.3 Å². The standard InChI is InChI=1S/C27H32N6O3S/c1-15-3-6-18-17(11-15)12-21(28-18)24(34)29-19-8-10-33(27(36)16-4-5-16)13-22(19)30-25(35)26-31-20-7-9-32(2)14-23(20)37-26/h3,6,11-12,16,19,22,28H,4-5,7-10,13-14H2,1-2H3,(H,29,34)(H,30,35)/t19-,22+/m0/s1. The number of hydrogen-bond donors (Lipinski definition) is 3. The predicted molar refractivity (Wildman–Crippen MR) is 142 cm³/mol. The van der Waals surface area contributed by atoms with E-state index >= 15 is 0 Å². The molecule has 3 aliphatic rings. The van der Waals surface area contributed by atoms with E-state index in [0.29, 0.717) is 30.2 Å². The molecule has 1 aromatic carbocycles. The van der Waals surface area contributed by atoms with Crippen LogP contribution in [0.1, 0.15) is 55.7 Å². The zero-order valence-electron chi connectivity index (χ0n) is 21.2. The van der Waals surface area contributed by atoms with Gasteiger partial charge in [-0.25, -0.2) is 4.98 Å². The van der Waals surface area contributed by atoms with Gasteiger partial charge in [-0.05, 0) is 51.4 Å². The quantitative estimate of drug-likeness (QED) is 0.479. The van der Waals surface area contributed by atoms with Crippen molar-refractivity contribution in [3.63, 3.8) is 0 Å². The van der Waals surface area contributed by atoms with E-state index in [2.05, 4.69) is 32.5 Å². The maximum absolute atomic E-state index is 13.3. The molecule has 3 aromatic rings. The number of nitrogens with one attached hydrogen (secondary N) is 3. The topological polar surface area (TPSA) is 110 Å². The van der Waals surface area contributed by atoms with Crippen LogP contribution in [0.3, 0.4) is 0 Å². The minimum atomic E-state index is -0.400. The zero-order chi connectivity index (χ0) is 25.7. The fourth-order valence-electron chi connectivity index (χ4n) is 5.33. The molecule has 0 radical (unpaired) electrons. The van der Waals surface area contributed by atoms with Gasteiger partial charge in [-0.15, -0.1) is 11.3 Å². The number of nitrogens with zero attached hydrogens (tertiary/aromatic N) is 3. The lowest BCUT2D eigenvalue weighted by Gasteiger charge is -2.39. The van der Waals surface area contributed by atoms with Crippen LogP contribution in [0.2, 0.25) is 0 Å². The molecule has 4 heterocycles. The Bertz CT molecular complexity index is 1380. The number of hydrogen-bond acceptors (Lipinski definition) is 6. The van der Waals surface area contributed by atoms with E-state index in [1.54, 1.807) is 0 Å². The molecule has 37 heavy (non-hydrogen) atoms. The summed E-state index contributed by atoms with van der Waals surface area (Å²) in [6.07, 6.45) is 3.29. The minimum Gasteiger partial charge on any atom is -0.351 e. The summed E-state index contributed by atoms with van der Waals surface area (Å²) in [5, 5.41) is 7.68. The first-order valence-electron chi connectivity index (χ1n) is 13.0. The fraction of sp³-hybridized carbons (Fsp3) is 0.481. The van der Waals surface area contributed by atoms with Gasteiger partial charge in [-0.3, -0.25) is 14.4 Å². The molecule has 1 saturated heterocycles. The summed E-state index contributed by atoms with van der Waals surface area (Å²) in [5.74, 6) is -0.191. The van der Waals surface area contributed by atoms with Crippen molar-refractivity contribution in [2.45, 2.75) is 51.2 Å². The first-order chi connectivity index (χ1) is 17.8. The van der Waals surface area contributed by atoms with Gasteiger partial charge in [0.25, 0.3) is 11.8 Å². The summed E-state index contributed by atoms with van der Waals surface area (Å²) >= 11 is 1.44. The molecule has 0 unspecified atom stereocenters. The fourth-order valence-corrected chi connectivity index (χ4v) is 6.42. The Morgan fingerprint density at radius 2 is 1.86 bits per heavy atom. The normalized spacial score (nSPS) is 22.1. The Morgan fingerprint density at radius 1 is 1.05 bits per heavy atom. The third kappa shape index (κ3) is 5.00. The lowest BCUT2D eigenvalue weighted by Crippen LogP contribution is -2.61. The van der Waals surface area contributed by atoms with Crippen LogP contribution in [0.5, 0.6) is 0 Å². The molecular weight excluding hydrogens is 488 g/mol. The van der Waals surface area contributed by atoms with E-state index in [0.717, 1.165) is 59.4 Å². The molecule has 2 atom stereocenters. The maximum Gasteiger partial charge on any atom is 0.280 e. The van der Waals surface area contributed by atoms with E-state index in [1.807, 2.05) is 36.1 Å². The van der Waals surface area contributed by atoms with Gasteiger partial charge in [0, 0.05) is 54.3 Å². The molecule has 1 aliphatic carbocycles. The number of piperidine rings is 1. The second-order valence-corrected chi connectivity index (χ2v) is 11.7. The number of aromatic nitrogens is 2. The van der Waals surface area contributed by atoms with Crippen molar-refractivity contribution in [2.24, 2.45) is 5.92 Å². The number of carbonyl (C=O) groups excluding carboxylic acids is 3. The number of benzene rings is 1. The summed E-state index contributed by atoms with van der Waals surface area (Å²) in [7, 11) is 2.07. The summed E-state index contributed by atoms with van der Waals surface area (Å²) in [5.41, 5.74) is 3.52. The van der Waals surface area contributed by atoms with Crippen LogP contribution in [-0.2, 0) is 17.8 Å². The van der Waals surface area contributed by atoms with Crippen molar-refractivity contribution in [2.75, 3.05) is 26.7 Å². The van der Waals surface area contributed by atoms with Crippen molar-refractivity contribution in [3.8, 4) is 0 Å². The lowest BCUT2D eigenvalue weighted by atomic mass is 9.98. The SMILES string of the molecule is Cc1ccc2[nH]c(C(=O)N[C@H]3CCN(C(=O)C4CC4)C[C@H]3NC(=O)c3nc4c(s3)CN(C)CC4)cc2c1. The summed E-state index contributed by atoms with van der Waals surface area (Å²) in [6.45, 7) is 4.70. The maximum atomic E-state index is 13.3. The highest BCUT2D eigenvalue weighted by atomic mass is 32.1.